The molecule has 1 rings (SSSR count). The lowest BCUT2D eigenvalue weighted by atomic mass is 10.3. The van der Waals surface area contributed by atoms with Gasteiger partial charge in [0.1, 0.15) is 0 Å². The molecule has 0 aliphatic heterocycles. The van der Waals surface area contributed by atoms with Crippen LogP contribution in [-0.4, -0.2) is 22.2 Å². The average molecular weight is 224 g/mol. The van der Waals surface area contributed by atoms with E-state index < -0.39 is 11.9 Å². The molecule has 0 aliphatic carbocycles. The Morgan fingerprint density at radius 2 is 1.73 bits per heavy atom. The van der Waals surface area contributed by atoms with Crippen LogP contribution in [0.5, 0.6) is 0 Å². The summed E-state index contributed by atoms with van der Waals surface area (Å²) in [5, 5.41) is 18.5. The number of rotatable bonds is 4. The van der Waals surface area contributed by atoms with E-state index in [9.17, 15) is 9.59 Å². The predicted molar refractivity (Wildman–Crippen MR) is 57.7 cm³/mol. The van der Waals surface area contributed by atoms with Crippen molar-refractivity contribution in [1.82, 2.24) is 0 Å². The van der Waals surface area contributed by atoms with Gasteiger partial charge in [-0.05, 0) is 29.2 Å². The van der Waals surface area contributed by atoms with Crippen molar-refractivity contribution in [2.24, 2.45) is 0 Å². The van der Waals surface area contributed by atoms with Gasteiger partial charge in [0.15, 0.2) is 0 Å². The molecule has 0 spiro atoms. The molecule has 0 bridgehead atoms. The van der Waals surface area contributed by atoms with Gasteiger partial charge in [-0.15, -0.1) is 11.3 Å². The first-order chi connectivity index (χ1) is 7.08. The summed E-state index contributed by atoms with van der Waals surface area (Å²) in [6, 6.07) is 1.71. The normalized spacial score (nSPS) is 11.2. The lowest BCUT2D eigenvalue weighted by Crippen LogP contribution is -1.85. The molecule has 1 aromatic heterocycles. The first-order valence-corrected chi connectivity index (χ1v) is 4.86. The maximum Gasteiger partial charge on any atom is 0.328 e. The standard InChI is InChI=1S/C10H8O4S/c11-9(12)3-1-7-5-8(15-6-7)2-4-10(13)14/h1-6H,(H,11,12)(H,13,14)/b3-1+,4-2+. The van der Waals surface area contributed by atoms with Crippen molar-refractivity contribution in [1.29, 1.82) is 0 Å². The van der Waals surface area contributed by atoms with Crippen LogP contribution < -0.4 is 0 Å². The van der Waals surface area contributed by atoms with Crippen LogP contribution in [0, 0.1) is 0 Å². The Hall–Kier alpha value is -1.88. The molecule has 0 fully saturated rings. The van der Waals surface area contributed by atoms with Gasteiger partial charge in [-0.2, -0.15) is 0 Å². The Kier molecular flexibility index (Phi) is 3.82. The van der Waals surface area contributed by atoms with Crippen molar-refractivity contribution in [2.75, 3.05) is 0 Å². The van der Waals surface area contributed by atoms with Crippen molar-refractivity contribution in [3.8, 4) is 0 Å². The molecule has 0 saturated carbocycles. The lowest BCUT2D eigenvalue weighted by molar-refractivity contribution is -0.132. The number of aliphatic carboxylic acids is 2. The molecular weight excluding hydrogens is 216 g/mol. The molecular formula is C10H8O4S. The molecule has 78 valence electrons. The summed E-state index contributed by atoms with van der Waals surface area (Å²) >= 11 is 1.35. The van der Waals surface area contributed by atoms with Gasteiger partial charge in [-0.3, -0.25) is 0 Å². The highest BCUT2D eigenvalue weighted by atomic mass is 32.1. The smallest absolute Gasteiger partial charge is 0.328 e. The Balaban J connectivity index is 2.72. The van der Waals surface area contributed by atoms with Gasteiger partial charge in [-0.1, -0.05) is 0 Å². The molecule has 1 aromatic rings. The number of thiophene rings is 1. The Labute approximate surface area is 89.8 Å². The zero-order valence-corrected chi connectivity index (χ0v) is 8.40. The minimum absolute atomic E-state index is 0.743. The number of hydrogen-bond acceptors (Lipinski definition) is 3. The van der Waals surface area contributed by atoms with Gasteiger partial charge in [0, 0.05) is 17.0 Å². The van der Waals surface area contributed by atoms with Crippen molar-refractivity contribution in [2.45, 2.75) is 0 Å². The third-order valence-electron chi connectivity index (χ3n) is 1.45. The van der Waals surface area contributed by atoms with E-state index in [0.29, 0.717) is 0 Å². The molecule has 5 heteroatoms. The second kappa shape index (κ2) is 5.11. The topological polar surface area (TPSA) is 74.6 Å². The highest BCUT2D eigenvalue weighted by Crippen LogP contribution is 2.17. The van der Waals surface area contributed by atoms with E-state index in [1.54, 1.807) is 11.4 Å². The fourth-order valence-electron chi connectivity index (χ4n) is 0.864. The van der Waals surface area contributed by atoms with Crippen LogP contribution in [0.4, 0.5) is 0 Å². The van der Waals surface area contributed by atoms with Gasteiger partial charge in [0.2, 0.25) is 0 Å². The van der Waals surface area contributed by atoms with Gasteiger partial charge in [-0.25, -0.2) is 9.59 Å². The van der Waals surface area contributed by atoms with Crippen LogP contribution in [0.15, 0.2) is 23.6 Å². The van der Waals surface area contributed by atoms with Gasteiger partial charge < -0.3 is 10.2 Å². The van der Waals surface area contributed by atoms with Crippen LogP contribution in [0.3, 0.4) is 0 Å². The molecule has 1 heterocycles. The zero-order chi connectivity index (χ0) is 11.3. The van der Waals surface area contributed by atoms with E-state index in [1.165, 1.54) is 23.5 Å². The lowest BCUT2D eigenvalue weighted by Gasteiger charge is -1.82. The van der Waals surface area contributed by atoms with Crippen LogP contribution in [0.25, 0.3) is 12.2 Å². The third-order valence-corrected chi connectivity index (χ3v) is 2.36. The number of carboxylic acid groups (broad SMARTS) is 2. The summed E-state index contributed by atoms with van der Waals surface area (Å²) in [5.74, 6) is -2.02. The van der Waals surface area contributed by atoms with Gasteiger partial charge >= 0.3 is 11.9 Å². The highest BCUT2D eigenvalue weighted by molar-refractivity contribution is 7.11. The zero-order valence-electron chi connectivity index (χ0n) is 7.58. The van der Waals surface area contributed by atoms with E-state index in [0.717, 1.165) is 22.6 Å². The van der Waals surface area contributed by atoms with Crippen LogP contribution in [0.1, 0.15) is 10.4 Å². The first kappa shape index (κ1) is 11.2. The second-order valence-electron chi connectivity index (χ2n) is 2.63. The molecule has 0 aromatic carbocycles. The number of carboxylic acids is 2. The maximum atomic E-state index is 10.2. The van der Waals surface area contributed by atoms with Crippen LogP contribution in [-0.2, 0) is 9.59 Å². The minimum Gasteiger partial charge on any atom is -0.478 e. The summed E-state index contributed by atoms with van der Waals surface area (Å²) in [5.41, 5.74) is 0.743. The van der Waals surface area contributed by atoms with Crippen LogP contribution >= 0.6 is 11.3 Å². The summed E-state index contributed by atoms with van der Waals surface area (Å²) in [6.07, 6.45) is 4.99. The summed E-state index contributed by atoms with van der Waals surface area (Å²) < 4.78 is 0. The van der Waals surface area contributed by atoms with E-state index in [-0.39, 0.29) is 0 Å². The number of carbonyl (C=O) groups is 2. The monoisotopic (exact) mass is 224 g/mol. The van der Waals surface area contributed by atoms with Gasteiger partial charge in [0.05, 0.1) is 0 Å². The summed E-state index contributed by atoms with van der Waals surface area (Å²) in [6.45, 7) is 0. The van der Waals surface area contributed by atoms with Crippen molar-refractivity contribution >= 4 is 35.4 Å². The SMILES string of the molecule is O=C(O)/C=C/c1csc(/C=C/C(=O)O)c1. The maximum absolute atomic E-state index is 10.2. The van der Waals surface area contributed by atoms with Crippen molar-refractivity contribution in [3.63, 3.8) is 0 Å². The first-order valence-electron chi connectivity index (χ1n) is 3.98. The number of hydrogen-bond donors (Lipinski definition) is 2. The van der Waals surface area contributed by atoms with E-state index >= 15 is 0 Å². The fraction of sp³-hybridized carbons (Fsp3) is 0. The molecule has 0 saturated heterocycles. The summed E-state index contributed by atoms with van der Waals surface area (Å²) in [4.78, 5) is 21.2. The molecule has 0 radical (unpaired) electrons. The van der Waals surface area contributed by atoms with E-state index in [2.05, 4.69) is 0 Å². The average Bonchev–Trinajstić information content (AvgIpc) is 2.59. The molecule has 4 nitrogen and oxygen atoms in total. The largest absolute Gasteiger partial charge is 0.478 e. The second-order valence-corrected chi connectivity index (χ2v) is 3.57. The highest BCUT2D eigenvalue weighted by Gasteiger charge is 1.95. The van der Waals surface area contributed by atoms with Crippen LogP contribution in [0.2, 0.25) is 0 Å². The quantitative estimate of drug-likeness (QED) is 0.766. The van der Waals surface area contributed by atoms with Gasteiger partial charge in [0.25, 0.3) is 0 Å². The minimum atomic E-state index is -1.01. The molecule has 0 amide bonds. The summed E-state index contributed by atoms with van der Waals surface area (Å²) in [7, 11) is 0. The molecule has 0 unspecified atom stereocenters. The van der Waals surface area contributed by atoms with Crippen molar-refractivity contribution < 1.29 is 19.8 Å². The predicted octanol–water partition coefficient (Wildman–Crippen LogP) is 1.94. The Morgan fingerprint density at radius 3 is 2.33 bits per heavy atom. The third kappa shape index (κ3) is 4.24. The molecule has 2 N–H and O–H groups in total. The van der Waals surface area contributed by atoms with E-state index in [1.807, 2.05) is 0 Å². The molecule has 0 atom stereocenters. The fourth-order valence-corrected chi connectivity index (χ4v) is 1.63. The Morgan fingerprint density at radius 1 is 1.13 bits per heavy atom. The molecule has 15 heavy (non-hydrogen) atoms. The Bertz CT molecular complexity index is 390. The van der Waals surface area contributed by atoms with Crippen molar-refractivity contribution in [3.05, 3.63) is 34.0 Å². The molecule has 0 aliphatic rings. The van der Waals surface area contributed by atoms with E-state index in [4.69, 9.17) is 10.2 Å².